The molecule has 1 saturated heterocycles. The maximum absolute atomic E-state index is 14.6. The molecule has 0 spiro atoms. The van der Waals surface area contributed by atoms with Crippen LogP contribution in [0.3, 0.4) is 0 Å². The molecule has 0 aromatic carbocycles. The summed E-state index contributed by atoms with van der Waals surface area (Å²) in [6.45, 7) is 1.40. The molecule has 0 aliphatic carbocycles. The Kier molecular flexibility index (Phi) is 4.60. The monoisotopic (exact) mass is 377 g/mol. The standard InChI is InChI=1S/C17H17ClFN5O2/c1-25-15-12(18)9-21-17(14(15)19)22-16-11-8-20-5-2-13(11)24(23-16)10-3-6-26-7-4-10/h2,5,8-10H,3-4,6-7H2,1H3,(H,21,22,23). The molecule has 1 fully saturated rings. The highest BCUT2D eigenvalue weighted by molar-refractivity contribution is 6.32. The summed E-state index contributed by atoms with van der Waals surface area (Å²) in [5.74, 6) is -0.253. The highest BCUT2D eigenvalue weighted by atomic mass is 35.5. The van der Waals surface area contributed by atoms with Gasteiger partial charge in [0.1, 0.15) is 5.02 Å². The number of aromatic nitrogens is 4. The Labute approximate surface area is 154 Å². The second kappa shape index (κ2) is 7.05. The summed E-state index contributed by atoms with van der Waals surface area (Å²) < 4.78 is 27.0. The Balaban J connectivity index is 1.76. The summed E-state index contributed by atoms with van der Waals surface area (Å²) in [4.78, 5) is 8.19. The van der Waals surface area contributed by atoms with Gasteiger partial charge < -0.3 is 14.8 Å². The maximum atomic E-state index is 14.6. The first kappa shape index (κ1) is 17.0. The highest BCUT2D eigenvalue weighted by Gasteiger charge is 2.22. The molecule has 26 heavy (non-hydrogen) atoms. The number of nitrogens with one attached hydrogen (secondary N) is 1. The van der Waals surface area contributed by atoms with Crippen LogP contribution in [0.2, 0.25) is 5.02 Å². The normalized spacial score (nSPS) is 15.3. The van der Waals surface area contributed by atoms with Crippen LogP contribution in [0.4, 0.5) is 16.0 Å². The molecule has 0 unspecified atom stereocenters. The van der Waals surface area contributed by atoms with E-state index in [-0.39, 0.29) is 22.6 Å². The Morgan fingerprint density at radius 1 is 1.31 bits per heavy atom. The Morgan fingerprint density at radius 3 is 2.88 bits per heavy atom. The first-order valence-corrected chi connectivity index (χ1v) is 8.62. The third-order valence-electron chi connectivity index (χ3n) is 4.42. The number of ether oxygens (including phenoxy) is 2. The van der Waals surface area contributed by atoms with Crippen LogP contribution in [0.5, 0.6) is 5.75 Å². The van der Waals surface area contributed by atoms with E-state index in [4.69, 9.17) is 21.1 Å². The molecule has 1 aliphatic rings. The van der Waals surface area contributed by atoms with Crippen molar-refractivity contribution in [3.63, 3.8) is 0 Å². The predicted molar refractivity (Wildman–Crippen MR) is 95.7 cm³/mol. The molecule has 136 valence electrons. The van der Waals surface area contributed by atoms with Crippen LogP contribution in [0.25, 0.3) is 10.9 Å². The fourth-order valence-corrected chi connectivity index (χ4v) is 3.33. The van der Waals surface area contributed by atoms with E-state index in [9.17, 15) is 4.39 Å². The van der Waals surface area contributed by atoms with E-state index in [2.05, 4.69) is 20.4 Å². The van der Waals surface area contributed by atoms with Crippen molar-refractivity contribution in [2.24, 2.45) is 0 Å². The number of halogens is 2. The summed E-state index contributed by atoms with van der Waals surface area (Å²) in [5, 5.41) is 8.50. The van der Waals surface area contributed by atoms with Crippen LogP contribution in [0.1, 0.15) is 18.9 Å². The van der Waals surface area contributed by atoms with Crippen molar-refractivity contribution in [2.45, 2.75) is 18.9 Å². The average Bonchev–Trinajstić information content (AvgIpc) is 3.04. The van der Waals surface area contributed by atoms with Crippen molar-refractivity contribution in [1.82, 2.24) is 19.7 Å². The summed E-state index contributed by atoms with van der Waals surface area (Å²) in [5.41, 5.74) is 0.927. The number of rotatable bonds is 4. The molecule has 1 aliphatic heterocycles. The van der Waals surface area contributed by atoms with Crippen molar-refractivity contribution in [3.05, 3.63) is 35.5 Å². The number of fused-ring (bicyclic) bond motifs is 1. The van der Waals surface area contributed by atoms with Crippen molar-refractivity contribution < 1.29 is 13.9 Å². The SMILES string of the molecule is COc1c(Cl)cnc(Nc2nn(C3CCOCC3)c3ccncc23)c1F. The minimum atomic E-state index is -0.669. The van der Waals surface area contributed by atoms with Crippen LogP contribution in [-0.2, 0) is 4.74 Å². The van der Waals surface area contributed by atoms with Gasteiger partial charge in [-0.15, -0.1) is 0 Å². The van der Waals surface area contributed by atoms with Gasteiger partial charge in [-0.1, -0.05) is 11.6 Å². The summed E-state index contributed by atoms with van der Waals surface area (Å²) >= 11 is 5.91. The van der Waals surface area contributed by atoms with Crippen molar-refractivity contribution in [3.8, 4) is 5.75 Å². The van der Waals surface area contributed by atoms with Gasteiger partial charge in [-0.3, -0.25) is 9.67 Å². The molecule has 1 N–H and O–H groups in total. The molecule has 0 radical (unpaired) electrons. The van der Waals surface area contributed by atoms with E-state index >= 15 is 0 Å². The van der Waals surface area contributed by atoms with Gasteiger partial charge in [-0.05, 0) is 18.9 Å². The van der Waals surface area contributed by atoms with Gasteiger partial charge in [0.25, 0.3) is 0 Å². The van der Waals surface area contributed by atoms with Crippen LogP contribution < -0.4 is 10.1 Å². The Hall–Kier alpha value is -2.45. The summed E-state index contributed by atoms with van der Waals surface area (Å²) in [7, 11) is 1.35. The van der Waals surface area contributed by atoms with Crippen molar-refractivity contribution in [1.29, 1.82) is 0 Å². The highest BCUT2D eigenvalue weighted by Crippen LogP contribution is 2.34. The van der Waals surface area contributed by atoms with E-state index in [1.807, 2.05) is 10.7 Å². The third-order valence-corrected chi connectivity index (χ3v) is 4.69. The topological polar surface area (TPSA) is 74.1 Å². The molecule has 0 atom stereocenters. The second-order valence-electron chi connectivity index (χ2n) is 5.96. The van der Waals surface area contributed by atoms with Gasteiger partial charge in [0, 0.05) is 25.6 Å². The lowest BCUT2D eigenvalue weighted by molar-refractivity contribution is 0.0675. The van der Waals surface area contributed by atoms with Gasteiger partial charge >= 0.3 is 0 Å². The average molecular weight is 378 g/mol. The Bertz CT molecular complexity index is 942. The van der Waals surface area contributed by atoms with Gasteiger partial charge in [-0.25, -0.2) is 4.98 Å². The van der Waals surface area contributed by atoms with E-state index in [1.54, 1.807) is 12.4 Å². The molecule has 0 amide bonds. The summed E-state index contributed by atoms with van der Waals surface area (Å²) in [6.07, 6.45) is 6.50. The second-order valence-corrected chi connectivity index (χ2v) is 6.36. The van der Waals surface area contributed by atoms with E-state index in [1.165, 1.54) is 13.3 Å². The zero-order valence-corrected chi connectivity index (χ0v) is 14.8. The summed E-state index contributed by atoms with van der Waals surface area (Å²) in [6, 6.07) is 2.12. The lowest BCUT2D eigenvalue weighted by Gasteiger charge is -2.23. The number of anilines is 2. The molecular weight excluding hydrogens is 361 g/mol. The molecule has 7 nitrogen and oxygen atoms in total. The third kappa shape index (κ3) is 2.95. The van der Waals surface area contributed by atoms with Gasteiger partial charge in [-0.2, -0.15) is 9.49 Å². The van der Waals surface area contributed by atoms with Crippen LogP contribution >= 0.6 is 11.6 Å². The maximum Gasteiger partial charge on any atom is 0.209 e. The first-order chi connectivity index (χ1) is 12.7. The molecule has 0 saturated carbocycles. The van der Waals surface area contributed by atoms with Gasteiger partial charge in [0.2, 0.25) is 5.82 Å². The molecule has 4 heterocycles. The van der Waals surface area contributed by atoms with Crippen molar-refractivity contribution in [2.75, 3.05) is 25.6 Å². The zero-order chi connectivity index (χ0) is 18.1. The number of hydrogen-bond donors (Lipinski definition) is 1. The number of hydrogen-bond acceptors (Lipinski definition) is 6. The fraction of sp³-hybridized carbons (Fsp3) is 0.353. The van der Waals surface area contributed by atoms with Gasteiger partial charge in [0.05, 0.1) is 30.3 Å². The molecule has 9 heteroatoms. The fourth-order valence-electron chi connectivity index (χ4n) is 3.12. The van der Waals surface area contributed by atoms with E-state index in [0.717, 1.165) is 23.7 Å². The van der Waals surface area contributed by atoms with Crippen molar-refractivity contribution >= 4 is 34.1 Å². The minimum absolute atomic E-state index is 0.00590. The lowest BCUT2D eigenvalue weighted by atomic mass is 10.1. The zero-order valence-electron chi connectivity index (χ0n) is 14.1. The first-order valence-electron chi connectivity index (χ1n) is 8.24. The van der Waals surface area contributed by atoms with Crippen LogP contribution in [-0.4, -0.2) is 40.1 Å². The number of pyridine rings is 2. The molecule has 3 aromatic heterocycles. The lowest BCUT2D eigenvalue weighted by Crippen LogP contribution is -2.20. The number of methoxy groups -OCH3 is 1. The quantitative estimate of drug-likeness (QED) is 0.747. The predicted octanol–water partition coefficient (Wildman–Crippen LogP) is 3.72. The molecule has 0 bridgehead atoms. The molecule has 3 aromatic rings. The largest absolute Gasteiger partial charge is 0.492 e. The van der Waals surface area contributed by atoms with E-state index < -0.39 is 5.82 Å². The van der Waals surface area contributed by atoms with Crippen LogP contribution in [0.15, 0.2) is 24.7 Å². The van der Waals surface area contributed by atoms with Crippen LogP contribution in [0, 0.1) is 5.82 Å². The molecule has 4 rings (SSSR count). The molecular formula is C17H17ClFN5O2. The minimum Gasteiger partial charge on any atom is -0.492 e. The van der Waals surface area contributed by atoms with Gasteiger partial charge in [0.15, 0.2) is 17.4 Å². The Morgan fingerprint density at radius 2 is 2.12 bits per heavy atom. The number of nitrogens with zero attached hydrogens (tertiary/aromatic N) is 4. The van der Waals surface area contributed by atoms with E-state index in [0.29, 0.717) is 19.0 Å². The smallest absolute Gasteiger partial charge is 0.209 e.